The molecule has 37 heavy (non-hydrogen) atoms. The first-order valence-corrected chi connectivity index (χ1v) is 13.4. The predicted molar refractivity (Wildman–Crippen MR) is 144 cm³/mol. The van der Waals surface area contributed by atoms with Gasteiger partial charge in [-0.15, -0.1) is 21.5 Å². The Balaban J connectivity index is 1.40. The molecule has 0 unspecified atom stereocenters. The Morgan fingerprint density at radius 2 is 1.70 bits per heavy atom. The van der Waals surface area contributed by atoms with Crippen molar-refractivity contribution in [1.82, 2.24) is 15.2 Å². The van der Waals surface area contributed by atoms with Gasteiger partial charge in [0, 0.05) is 16.5 Å². The maximum Gasteiger partial charge on any atom is 0.263 e. The quantitative estimate of drug-likeness (QED) is 0.269. The number of benzene rings is 2. The number of anilines is 2. The Morgan fingerprint density at radius 1 is 0.973 bits per heavy atom. The zero-order valence-electron chi connectivity index (χ0n) is 19.2. The molecule has 5 rings (SSSR count). The van der Waals surface area contributed by atoms with E-state index in [0.717, 1.165) is 17.0 Å². The van der Waals surface area contributed by atoms with E-state index in [1.807, 2.05) is 36.4 Å². The first-order chi connectivity index (χ1) is 17.7. The molecule has 9 nitrogen and oxygen atoms in total. The van der Waals surface area contributed by atoms with E-state index in [9.17, 15) is 13.2 Å². The molecule has 2 aromatic carbocycles. The van der Waals surface area contributed by atoms with Gasteiger partial charge in [-0.25, -0.2) is 13.4 Å². The van der Waals surface area contributed by atoms with Crippen LogP contribution in [0.5, 0.6) is 5.75 Å². The van der Waals surface area contributed by atoms with E-state index in [2.05, 4.69) is 19.9 Å². The highest BCUT2D eigenvalue weighted by atomic mass is 35.5. The van der Waals surface area contributed by atoms with Crippen LogP contribution in [-0.2, 0) is 10.0 Å². The van der Waals surface area contributed by atoms with Crippen molar-refractivity contribution in [3.05, 3.63) is 88.4 Å². The van der Waals surface area contributed by atoms with Crippen LogP contribution in [-0.4, -0.2) is 36.5 Å². The van der Waals surface area contributed by atoms with Gasteiger partial charge in [0.15, 0.2) is 11.0 Å². The van der Waals surface area contributed by atoms with Crippen LogP contribution in [0.1, 0.15) is 15.2 Å². The number of nitrogens with one attached hydrogen (secondary N) is 1. The zero-order chi connectivity index (χ0) is 26.2. The highest BCUT2D eigenvalue weighted by Gasteiger charge is 2.21. The number of nitrogens with two attached hydrogens (primary N) is 1. The topological polar surface area (TPSA) is 137 Å². The van der Waals surface area contributed by atoms with E-state index in [0.29, 0.717) is 26.3 Å². The number of ether oxygens (including phenoxy) is 1. The van der Waals surface area contributed by atoms with Gasteiger partial charge in [-0.3, -0.25) is 9.52 Å². The normalized spacial score (nSPS) is 11.4. The lowest BCUT2D eigenvalue weighted by atomic mass is 10.1. The van der Waals surface area contributed by atoms with Crippen molar-refractivity contribution in [3.8, 4) is 17.0 Å². The summed E-state index contributed by atoms with van der Waals surface area (Å²) in [5.41, 5.74) is 8.57. The summed E-state index contributed by atoms with van der Waals surface area (Å²) in [6.45, 7) is 0. The number of nitrogens with zero attached hydrogens (tertiary/aromatic N) is 3. The molecule has 0 atom stereocenters. The molecule has 186 valence electrons. The maximum absolute atomic E-state index is 13.2. The molecule has 12 heteroatoms. The molecule has 0 aliphatic heterocycles. The summed E-state index contributed by atoms with van der Waals surface area (Å²) in [6, 6.07) is 19.5. The van der Waals surface area contributed by atoms with Crippen molar-refractivity contribution < 1.29 is 17.9 Å². The smallest absolute Gasteiger partial charge is 0.263 e. The fraction of sp³-hybridized carbons (Fsp3) is 0.0400. The second-order valence-corrected chi connectivity index (χ2v) is 10.9. The molecule has 0 spiro atoms. The molecule has 0 saturated carbocycles. The number of methoxy groups -OCH3 is 1. The molecule has 3 N–H and O–H groups in total. The number of hydrogen-bond donors (Lipinski definition) is 2. The standard InChI is InChI=1S/C25H18ClN5O4S2/c1-35-16-6-2-14(3-7-16)19-11-10-18-22(27)24(36-25(18)28-19)23(32)15-4-8-17(9-5-15)37(33,34)31-21-13-12-20(26)29-30-21/h2-13H,27H2,1H3,(H,30,31). The Hall–Kier alpha value is -4.06. The minimum Gasteiger partial charge on any atom is -0.497 e. The first kappa shape index (κ1) is 24.6. The maximum atomic E-state index is 13.2. The molecule has 3 heterocycles. The van der Waals surface area contributed by atoms with Crippen molar-refractivity contribution in [2.45, 2.75) is 4.90 Å². The van der Waals surface area contributed by atoms with Gasteiger partial charge in [-0.1, -0.05) is 11.6 Å². The van der Waals surface area contributed by atoms with Gasteiger partial charge in [0.2, 0.25) is 5.78 Å². The fourth-order valence-corrected chi connectivity index (χ4v) is 5.72. The minimum atomic E-state index is -3.94. The van der Waals surface area contributed by atoms with E-state index in [1.165, 1.54) is 47.7 Å². The predicted octanol–water partition coefficient (Wildman–Crippen LogP) is 5.03. The number of pyridine rings is 1. The Labute approximate surface area is 221 Å². The van der Waals surface area contributed by atoms with Crippen LogP contribution in [0.2, 0.25) is 5.15 Å². The second-order valence-electron chi connectivity index (χ2n) is 7.82. The fourth-order valence-electron chi connectivity index (χ4n) is 3.57. The van der Waals surface area contributed by atoms with E-state index in [1.54, 1.807) is 7.11 Å². The van der Waals surface area contributed by atoms with E-state index < -0.39 is 10.0 Å². The van der Waals surface area contributed by atoms with Crippen molar-refractivity contribution in [3.63, 3.8) is 0 Å². The van der Waals surface area contributed by atoms with Crippen molar-refractivity contribution in [2.24, 2.45) is 0 Å². The molecule has 0 bridgehead atoms. The van der Waals surface area contributed by atoms with Crippen LogP contribution < -0.4 is 15.2 Å². The van der Waals surface area contributed by atoms with Gasteiger partial charge in [0.05, 0.1) is 23.4 Å². The number of carbonyl (C=O) groups excluding carboxylic acids is 1. The molecule has 0 aliphatic rings. The molecule has 0 fully saturated rings. The molecule has 0 saturated heterocycles. The lowest BCUT2D eigenvalue weighted by molar-refractivity contribution is 0.104. The van der Waals surface area contributed by atoms with Crippen molar-refractivity contribution >= 4 is 60.5 Å². The van der Waals surface area contributed by atoms with Crippen LogP contribution in [0.4, 0.5) is 11.5 Å². The first-order valence-electron chi connectivity index (χ1n) is 10.8. The number of fused-ring (bicyclic) bond motifs is 1. The Morgan fingerprint density at radius 3 is 2.35 bits per heavy atom. The Kier molecular flexibility index (Phi) is 6.50. The van der Waals surface area contributed by atoms with Gasteiger partial charge < -0.3 is 10.5 Å². The number of halogens is 1. The van der Waals surface area contributed by atoms with E-state index in [-0.39, 0.29) is 21.6 Å². The van der Waals surface area contributed by atoms with Gasteiger partial charge in [0.1, 0.15) is 15.5 Å². The number of ketones is 1. The summed E-state index contributed by atoms with van der Waals surface area (Å²) in [4.78, 5) is 18.8. The number of thiophene rings is 1. The van der Waals surface area contributed by atoms with Crippen LogP contribution in [0.3, 0.4) is 0 Å². The Bertz CT molecular complexity index is 1720. The number of aromatic nitrogens is 3. The molecule has 3 aromatic heterocycles. The summed E-state index contributed by atoms with van der Waals surface area (Å²) in [6.07, 6.45) is 0. The second kappa shape index (κ2) is 9.77. The van der Waals surface area contributed by atoms with Crippen LogP contribution >= 0.6 is 22.9 Å². The third kappa shape index (κ3) is 4.96. The number of rotatable bonds is 7. The minimum absolute atomic E-state index is 0.0177. The average molecular weight is 552 g/mol. The summed E-state index contributed by atoms with van der Waals surface area (Å²) in [5, 5.41) is 8.11. The number of nitrogen functional groups attached to an aromatic ring is 1. The third-order valence-corrected chi connectivity index (χ3v) is 8.17. The molecular weight excluding hydrogens is 534 g/mol. The molecule has 0 amide bonds. The monoisotopic (exact) mass is 551 g/mol. The summed E-state index contributed by atoms with van der Waals surface area (Å²) >= 11 is 6.87. The van der Waals surface area contributed by atoms with E-state index >= 15 is 0 Å². The lowest BCUT2D eigenvalue weighted by Crippen LogP contribution is -2.14. The third-order valence-electron chi connectivity index (χ3n) is 5.48. The molecule has 5 aromatic rings. The molecular formula is C25H18ClN5O4S2. The largest absolute Gasteiger partial charge is 0.497 e. The summed E-state index contributed by atoms with van der Waals surface area (Å²) in [5.74, 6) is 0.433. The summed E-state index contributed by atoms with van der Waals surface area (Å²) in [7, 11) is -2.34. The number of hydrogen-bond acceptors (Lipinski definition) is 9. The van der Waals surface area contributed by atoms with Gasteiger partial charge in [0.25, 0.3) is 10.0 Å². The van der Waals surface area contributed by atoms with E-state index in [4.69, 9.17) is 22.1 Å². The van der Waals surface area contributed by atoms with Gasteiger partial charge in [-0.2, -0.15) is 0 Å². The summed E-state index contributed by atoms with van der Waals surface area (Å²) < 4.78 is 32.8. The SMILES string of the molecule is COc1ccc(-c2ccc3c(N)c(C(=O)c4ccc(S(=O)(=O)Nc5ccc(Cl)nn5)cc4)sc3n2)cc1. The zero-order valence-corrected chi connectivity index (χ0v) is 21.6. The molecule has 0 radical (unpaired) electrons. The molecule has 0 aliphatic carbocycles. The van der Waals surface area contributed by atoms with Crippen LogP contribution in [0, 0.1) is 0 Å². The van der Waals surface area contributed by atoms with Crippen LogP contribution in [0.15, 0.2) is 77.7 Å². The lowest BCUT2D eigenvalue weighted by Gasteiger charge is -2.07. The highest BCUT2D eigenvalue weighted by Crippen LogP contribution is 2.36. The van der Waals surface area contributed by atoms with Crippen LogP contribution in [0.25, 0.3) is 21.5 Å². The van der Waals surface area contributed by atoms with Gasteiger partial charge >= 0.3 is 0 Å². The van der Waals surface area contributed by atoms with Crippen molar-refractivity contribution in [1.29, 1.82) is 0 Å². The van der Waals surface area contributed by atoms with Gasteiger partial charge in [-0.05, 0) is 72.8 Å². The average Bonchev–Trinajstić information content (AvgIpc) is 3.25. The number of sulfonamides is 1. The highest BCUT2D eigenvalue weighted by molar-refractivity contribution is 7.92. The number of carbonyl (C=O) groups is 1. The van der Waals surface area contributed by atoms with Crippen molar-refractivity contribution in [2.75, 3.05) is 17.6 Å².